The van der Waals surface area contributed by atoms with Crippen molar-refractivity contribution in [1.82, 2.24) is 14.9 Å². The third kappa shape index (κ3) is 2.75. The summed E-state index contributed by atoms with van der Waals surface area (Å²) in [7, 11) is 1.25. The second-order valence-corrected chi connectivity index (χ2v) is 3.81. The van der Waals surface area contributed by atoms with Gasteiger partial charge in [-0.2, -0.15) is 18.3 Å². The van der Waals surface area contributed by atoms with Gasteiger partial charge in [-0.05, 0) is 6.92 Å². The van der Waals surface area contributed by atoms with Crippen molar-refractivity contribution in [2.75, 3.05) is 5.32 Å². The SMILES string of the molecule is Cc1cc(NC(=O)c2cc(C(F)(F)F)nn2C)no1. The highest BCUT2D eigenvalue weighted by Gasteiger charge is 2.35. The number of alkyl halides is 3. The number of aromatic nitrogens is 3. The van der Waals surface area contributed by atoms with Crippen molar-refractivity contribution in [3.63, 3.8) is 0 Å². The predicted molar refractivity (Wildman–Crippen MR) is 57.4 cm³/mol. The van der Waals surface area contributed by atoms with Gasteiger partial charge in [-0.1, -0.05) is 5.16 Å². The molecule has 0 fully saturated rings. The molecule has 19 heavy (non-hydrogen) atoms. The average Bonchev–Trinajstić information content (AvgIpc) is 2.84. The lowest BCUT2D eigenvalue weighted by molar-refractivity contribution is -0.141. The number of nitrogens with zero attached hydrogens (tertiary/aromatic N) is 3. The summed E-state index contributed by atoms with van der Waals surface area (Å²) < 4.78 is 42.9. The van der Waals surface area contributed by atoms with Crippen molar-refractivity contribution in [3.05, 3.63) is 29.3 Å². The normalized spacial score (nSPS) is 11.6. The van der Waals surface area contributed by atoms with Gasteiger partial charge in [0.15, 0.2) is 11.5 Å². The first-order valence-electron chi connectivity index (χ1n) is 5.13. The van der Waals surface area contributed by atoms with E-state index < -0.39 is 17.8 Å². The van der Waals surface area contributed by atoms with Crippen molar-refractivity contribution < 1.29 is 22.5 Å². The largest absolute Gasteiger partial charge is 0.435 e. The van der Waals surface area contributed by atoms with Gasteiger partial charge in [0.2, 0.25) is 0 Å². The lowest BCUT2D eigenvalue weighted by Gasteiger charge is -2.00. The number of hydrogen-bond acceptors (Lipinski definition) is 4. The Kier molecular flexibility index (Phi) is 3.05. The van der Waals surface area contributed by atoms with Crippen LogP contribution in [0.4, 0.5) is 19.0 Å². The second-order valence-electron chi connectivity index (χ2n) is 3.81. The molecule has 0 aliphatic carbocycles. The van der Waals surface area contributed by atoms with Gasteiger partial charge in [0.1, 0.15) is 11.5 Å². The summed E-state index contributed by atoms with van der Waals surface area (Å²) in [5, 5.41) is 9.06. The number of hydrogen-bond donors (Lipinski definition) is 1. The fraction of sp³-hybridized carbons (Fsp3) is 0.300. The summed E-state index contributed by atoms with van der Waals surface area (Å²) in [4.78, 5) is 11.8. The summed E-state index contributed by atoms with van der Waals surface area (Å²) >= 11 is 0. The van der Waals surface area contributed by atoms with E-state index in [1.807, 2.05) is 0 Å². The molecule has 2 rings (SSSR count). The number of nitrogens with one attached hydrogen (secondary N) is 1. The van der Waals surface area contributed by atoms with E-state index >= 15 is 0 Å². The fourth-order valence-corrected chi connectivity index (χ4v) is 1.42. The maximum atomic E-state index is 12.4. The summed E-state index contributed by atoms with van der Waals surface area (Å²) in [5.74, 6) is -0.160. The lowest BCUT2D eigenvalue weighted by Crippen LogP contribution is -2.16. The summed E-state index contributed by atoms with van der Waals surface area (Å²) in [6.45, 7) is 1.62. The van der Waals surface area contributed by atoms with Gasteiger partial charge in [-0.15, -0.1) is 0 Å². The zero-order valence-corrected chi connectivity index (χ0v) is 9.95. The van der Waals surface area contributed by atoms with Gasteiger partial charge in [0, 0.05) is 19.2 Å². The fourth-order valence-electron chi connectivity index (χ4n) is 1.42. The smallest absolute Gasteiger partial charge is 0.360 e. The first kappa shape index (κ1) is 13.1. The van der Waals surface area contributed by atoms with Crippen molar-refractivity contribution in [2.45, 2.75) is 13.1 Å². The maximum Gasteiger partial charge on any atom is 0.435 e. The van der Waals surface area contributed by atoms with Crippen molar-refractivity contribution in [3.8, 4) is 0 Å². The molecule has 1 amide bonds. The molecule has 1 N–H and O–H groups in total. The molecular weight excluding hydrogens is 265 g/mol. The summed E-state index contributed by atoms with van der Waals surface area (Å²) in [5.41, 5.74) is -1.36. The van der Waals surface area contributed by atoms with E-state index in [1.165, 1.54) is 13.1 Å². The number of halogens is 3. The van der Waals surface area contributed by atoms with Crippen molar-refractivity contribution in [2.24, 2.45) is 7.05 Å². The van der Waals surface area contributed by atoms with E-state index in [0.717, 1.165) is 4.68 Å². The molecule has 2 heterocycles. The van der Waals surface area contributed by atoms with Crippen LogP contribution in [0.3, 0.4) is 0 Å². The lowest BCUT2D eigenvalue weighted by atomic mass is 10.3. The van der Waals surface area contributed by atoms with Gasteiger partial charge < -0.3 is 9.84 Å². The third-order valence-electron chi connectivity index (χ3n) is 2.27. The van der Waals surface area contributed by atoms with E-state index in [2.05, 4.69) is 15.6 Å². The molecule has 2 aromatic heterocycles. The van der Waals surface area contributed by atoms with E-state index in [4.69, 9.17) is 4.52 Å². The minimum atomic E-state index is -4.60. The van der Waals surface area contributed by atoms with Crippen LogP contribution in [0.5, 0.6) is 0 Å². The Bertz CT molecular complexity index is 615. The number of carbonyl (C=O) groups is 1. The molecule has 0 saturated heterocycles. The van der Waals surface area contributed by atoms with Gasteiger partial charge in [-0.3, -0.25) is 9.48 Å². The van der Waals surface area contributed by atoms with Crippen LogP contribution in [0.1, 0.15) is 21.9 Å². The van der Waals surface area contributed by atoms with Crippen molar-refractivity contribution in [1.29, 1.82) is 0 Å². The van der Waals surface area contributed by atoms with Crippen LogP contribution >= 0.6 is 0 Å². The van der Waals surface area contributed by atoms with E-state index in [-0.39, 0.29) is 11.5 Å². The monoisotopic (exact) mass is 274 g/mol. The van der Waals surface area contributed by atoms with Crippen LogP contribution in [0.25, 0.3) is 0 Å². The van der Waals surface area contributed by atoms with Gasteiger partial charge >= 0.3 is 6.18 Å². The highest BCUT2D eigenvalue weighted by atomic mass is 19.4. The third-order valence-corrected chi connectivity index (χ3v) is 2.27. The highest BCUT2D eigenvalue weighted by Crippen LogP contribution is 2.28. The average molecular weight is 274 g/mol. The zero-order valence-electron chi connectivity index (χ0n) is 9.95. The molecule has 6 nitrogen and oxygen atoms in total. The maximum absolute atomic E-state index is 12.4. The van der Waals surface area contributed by atoms with Crippen LogP contribution in [0.15, 0.2) is 16.7 Å². The first-order chi connectivity index (χ1) is 8.77. The number of rotatable bonds is 2. The topological polar surface area (TPSA) is 73.0 Å². The Labute approximate surface area is 105 Å². The van der Waals surface area contributed by atoms with Gasteiger partial charge in [0.05, 0.1) is 0 Å². The Morgan fingerprint density at radius 2 is 2.11 bits per heavy atom. The van der Waals surface area contributed by atoms with Gasteiger partial charge in [0.25, 0.3) is 5.91 Å². The minimum absolute atomic E-state index is 0.122. The van der Waals surface area contributed by atoms with E-state index in [9.17, 15) is 18.0 Å². The van der Waals surface area contributed by atoms with Crippen molar-refractivity contribution >= 4 is 11.7 Å². The summed E-state index contributed by atoms with van der Waals surface area (Å²) in [6, 6.07) is 2.11. The number of anilines is 1. The molecule has 9 heteroatoms. The quantitative estimate of drug-likeness (QED) is 0.908. The van der Waals surface area contributed by atoms with Crippen LogP contribution < -0.4 is 5.32 Å². The predicted octanol–water partition coefficient (Wildman–Crippen LogP) is 1.99. The first-order valence-corrected chi connectivity index (χ1v) is 5.13. The van der Waals surface area contributed by atoms with Gasteiger partial charge in [-0.25, -0.2) is 0 Å². The molecule has 0 saturated carbocycles. The number of carbonyl (C=O) groups excluding carboxylic acids is 1. The molecule has 2 aromatic rings. The Morgan fingerprint density at radius 3 is 2.58 bits per heavy atom. The van der Waals surface area contributed by atoms with Crippen LogP contribution in [-0.2, 0) is 13.2 Å². The summed E-state index contributed by atoms with van der Waals surface area (Å²) in [6.07, 6.45) is -4.60. The second kappa shape index (κ2) is 4.41. The molecular formula is C10H9F3N4O2. The number of aryl methyl sites for hydroxylation is 2. The van der Waals surface area contributed by atoms with Crippen LogP contribution in [0, 0.1) is 6.92 Å². The zero-order chi connectivity index (χ0) is 14.2. The Hall–Kier alpha value is -2.32. The minimum Gasteiger partial charge on any atom is -0.360 e. The van der Waals surface area contributed by atoms with Crippen LogP contribution in [0.2, 0.25) is 0 Å². The standard InChI is InChI=1S/C10H9F3N4O2/c1-5-3-8(16-19-5)14-9(18)6-4-7(10(11,12)13)15-17(6)2/h3-4H,1-2H3,(H,14,16,18). The highest BCUT2D eigenvalue weighted by molar-refractivity contribution is 6.02. The van der Waals surface area contributed by atoms with Crippen LogP contribution in [-0.4, -0.2) is 20.8 Å². The number of amides is 1. The molecule has 0 unspecified atom stereocenters. The molecule has 0 atom stereocenters. The Balaban J connectivity index is 2.22. The molecule has 0 spiro atoms. The molecule has 0 aliphatic rings. The Morgan fingerprint density at radius 1 is 1.42 bits per heavy atom. The molecule has 0 bridgehead atoms. The molecule has 0 aromatic carbocycles. The molecule has 0 radical (unpaired) electrons. The van der Waals surface area contributed by atoms with E-state index in [0.29, 0.717) is 11.8 Å². The molecule has 102 valence electrons. The molecule has 0 aliphatic heterocycles. The van der Waals surface area contributed by atoms with E-state index in [1.54, 1.807) is 6.92 Å².